The Morgan fingerprint density at radius 3 is 2.76 bits per heavy atom. The molecule has 1 amide bonds. The van der Waals surface area contributed by atoms with Gasteiger partial charge < -0.3 is 14.6 Å². The summed E-state index contributed by atoms with van der Waals surface area (Å²) in [4.78, 5) is 23.9. The number of anilines is 2. The Labute approximate surface area is 196 Å². The predicted octanol–water partition coefficient (Wildman–Crippen LogP) is 4.96. The summed E-state index contributed by atoms with van der Waals surface area (Å²) < 4.78 is 53.3. The van der Waals surface area contributed by atoms with Crippen LogP contribution in [0.1, 0.15) is 35.2 Å². The minimum absolute atomic E-state index is 0.0631. The van der Waals surface area contributed by atoms with Crippen molar-refractivity contribution < 1.29 is 22.2 Å². The number of nitrogens with zero attached hydrogens (tertiary/aromatic N) is 3. The number of benzene rings is 1. The molecule has 1 saturated heterocycles. The largest absolute Gasteiger partial charge is 0.443 e. The smallest absolute Gasteiger partial charge is 0.259 e. The van der Waals surface area contributed by atoms with E-state index in [0.717, 1.165) is 0 Å². The first-order valence-corrected chi connectivity index (χ1v) is 12.7. The third-order valence-corrected chi connectivity index (χ3v) is 6.96. The van der Waals surface area contributed by atoms with Gasteiger partial charge in [0.05, 0.1) is 21.5 Å². The summed E-state index contributed by atoms with van der Waals surface area (Å²) in [7, 11) is -2.97. The van der Waals surface area contributed by atoms with Crippen molar-refractivity contribution in [3.63, 3.8) is 0 Å². The molecular formula is C23H25F2N5O3S. The number of amides is 1. The minimum atomic E-state index is -2.97. The second-order valence-electron chi connectivity index (χ2n) is 8.38. The van der Waals surface area contributed by atoms with E-state index in [9.17, 15) is 17.8 Å². The number of aromatic nitrogens is 2. The standard InChI is InChI=1S/C23H25F2N5O3S/c1-15-18(19-13-27-14-33-19)12-28-21(30-9-4-7-23(24,25)8-10-30)20(15)22(31)29-16-5-3-6-17(11-16)34(2,26)32/h3,5-6,11-14,26H,4,7-10H2,1-2H3,(H,29,31). The van der Waals surface area contributed by atoms with Crippen LogP contribution in [0.2, 0.25) is 0 Å². The molecule has 0 radical (unpaired) electrons. The fourth-order valence-corrected chi connectivity index (χ4v) is 4.67. The number of pyridine rings is 1. The fourth-order valence-electron chi connectivity index (χ4n) is 3.98. The second-order valence-corrected chi connectivity index (χ2v) is 10.5. The number of oxazole rings is 1. The van der Waals surface area contributed by atoms with Gasteiger partial charge in [-0.2, -0.15) is 0 Å². The molecule has 4 rings (SSSR count). The maximum Gasteiger partial charge on any atom is 0.259 e. The summed E-state index contributed by atoms with van der Waals surface area (Å²) in [5.41, 5.74) is 1.71. The summed E-state index contributed by atoms with van der Waals surface area (Å²) in [5, 5.41) is 2.79. The summed E-state index contributed by atoms with van der Waals surface area (Å²) in [6.07, 6.45) is 5.37. The molecule has 11 heteroatoms. The molecule has 34 heavy (non-hydrogen) atoms. The molecule has 1 aliphatic rings. The number of halogens is 2. The Hall–Kier alpha value is -3.34. The van der Waals surface area contributed by atoms with E-state index in [4.69, 9.17) is 9.20 Å². The number of hydrogen-bond donors (Lipinski definition) is 2. The van der Waals surface area contributed by atoms with E-state index in [2.05, 4.69) is 15.3 Å². The molecule has 3 heterocycles. The van der Waals surface area contributed by atoms with Gasteiger partial charge in [0, 0.05) is 54.5 Å². The number of carbonyl (C=O) groups is 1. The first-order chi connectivity index (χ1) is 16.0. The van der Waals surface area contributed by atoms with Gasteiger partial charge in [0.1, 0.15) is 5.82 Å². The molecule has 180 valence electrons. The summed E-state index contributed by atoms with van der Waals surface area (Å²) >= 11 is 0. The maximum absolute atomic E-state index is 14.0. The number of carbonyl (C=O) groups excluding carboxylic acids is 1. The second kappa shape index (κ2) is 9.13. The van der Waals surface area contributed by atoms with Crippen LogP contribution < -0.4 is 10.2 Å². The Morgan fingerprint density at radius 2 is 2.06 bits per heavy atom. The van der Waals surface area contributed by atoms with Crippen molar-refractivity contribution in [3.05, 3.63) is 54.2 Å². The maximum atomic E-state index is 14.0. The van der Waals surface area contributed by atoms with Gasteiger partial charge in [0.15, 0.2) is 12.2 Å². The van der Waals surface area contributed by atoms with Gasteiger partial charge in [-0.25, -0.2) is 27.7 Å². The average molecular weight is 490 g/mol. The molecule has 0 aliphatic carbocycles. The molecule has 0 spiro atoms. The van der Waals surface area contributed by atoms with Crippen LogP contribution in [0, 0.1) is 11.7 Å². The number of hydrogen-bond acceptors (Lipinski definition) is 7. The molecule has 1 unspecified atom stereocenters. The molecule has 1 fully saturated rings. The molecule has 2 aromatic heterocycles. The SMILES string of the molecule is Cc1c(-c2cnco2)cnc(N2CCCC(F)(F)CC2)c1C(=O)Nc1cccc(S(C)(=N)=O)c1. The van der Waals surface area contributed by atoms with Crippen molar-refractivity contribution in [1.29, 1.82) is 4.78 Å². The summed E-state index contributed by atoms with van der Waals surface area (Å²) in [5.74, 6) is -2.51. The van der Waals surface area contributed by atoms with Crippen molar-refractivity contribution in [1.82, 2.24) is 9.97 Å². The van der Waals surface area contributed by atoms with E-state index in [-0.39, 0.29) is 36.3 Å². The van der Waals surface area contributed by atoms with Gasteiger partial charge in [-0.15, -0.1) is 0 Å². The van der Waals surface area contributed by atoms with Crippen LogP contribution in [0.15, 0.2) is 52.4 Å². The van der Waals surface area contributed by atoms with Crippen LogP contribution >= 0.6 is 0 Å². The number of alkyl halides is 2. The van der Waals surface area contributed by atoms with Crippen molar-refractivity contribution in [2.45, 2.75) is 37.0 Å². The molecule has 2 N–H and O–H groups in total. The lowest BCUT2D eigenvalue weighted by atomic mass is 10.0. The van der Waals surface area contributed by atoms with Gasteiger partial charge in [-0.05, 0) is 37.1 Å². The van der Waals surface area contributed by atoms with Crippen molar-refractivity contribution in [2.24, 2.45) is 0 Å². The molecule has 1 aromatic carbocycles. The fraction of sp³-hybridized carbons (Fsp3) is 0.348. The Balaban J connectivity index is 1.75. The van der Waals surface area contributed by atoms with Crippen LogP contribution in [0.25, 0.3) is 11.3 Å². The van der Waals surface area contributed by atoms with Gasteiger partial charge in [-0.3, -0.25) is 4.79 Å². The third-order valence-electron chi connectivity index (χ3n) is 5.80. The molecule has 3 aromatic rings. The lowest BCUT2D eigenvalue weighted by molar-refractivity contribution is -0.0102. The van der Waals surface area contributed by atoms with E-state index >= 15 is 0 Å². The van der Waals surface area contributed by atoms with Gasteiger partial charge in [0.2, 0.25) is 5.92 Å². The third kappa shape index (κ3) is 5.09. The van der Waals surface area contributed by atoms with E-state index < -0.39 is 21.6 Å². The average Bonchev–Trinajstić information content (AvgIpc) is 3.23. The highest BCUT2D eigenvalue weighted by atomic mass is 32.2. The lowest BCUT2D eigenvalue weighted by Crippen LogP contribution is -2.30. The van der Waals surface area contributed by atoms with E-state index in [1.165, 1.54) is 24.9 Å². The Morgan fingerprint density at radius 1 is 1.26 bits per heavy atom. The number of nitrogens with one attached hydrogen (secondary N) is 2. The van der Waals surface area contributed by atoms with Crippen LogP contribution in [-0.4, -0.2) is 45.4 Å². The Kier molecular flexibility index (Phi) is 6.39. The van der Waals surface area contributed by atoms with Crippen LogP contribution in [0.4, 0.5) is 20.3 Å². The van der Waals surface area contributed by atoms with Gasteiger partial charge in [-0.1, -0.05) is 6.07 Å². The molecule has 8 nitrogen and oxygen atoms in total. The van der Waals surface area contributed by atoms with E-state index in [0.29, 0.717) is 34.9 Å². The zero-order valence-electron chi connectivity index (χ0n) is 18.8. The minimum Gasteiger partial charge on any atom is -0.443 e. The van der Waals surface area contributed by atoms with Gasteiger partial charge in [0.25, 0.3) is 5.91 Å². The van der Waals surface area contributed by atoms with E-state index in [1.807, 2.05) is 0 Å². The molecule has 0 saturated carbocycles. The highest BCUT2D eigenvalue weighted by Crippen LogP contribution is 2.34. The number of rotatable bonds is 5. The summed E-state index contributed by atoms with van der Waals surface area (Å²) in [6.45, 7) is 2.15. The van der Waals surface area contributed by atoms with Crippen LogP contribution in [0.5, 0.6) is 0 Å². The lowest BCUT2D eigenvalue weighted by Gasteiger charge is -2.25. The topological polar surface area (TPSA) is 112 Å². The highest BCUT2D eigenvalue weighted by Gasteiger charge is 2.33. The van der Waals surface area contributed by atoms with Crippen LogP contribution in [-0.2, 0) is 9.73 Å². The quantitative estimate of drug-likeness (QED) is 0.524. The van der Waals surface area contributed by atoms with Gasteiger partial charge >= 0.3 is 0 Å². The normalized spacial score (nSPS) is 17.6. The van der Waals surface area contributed by atoms with Crippen LogP contribution in [0.3, 0.4) is 0 Å². The van der Waals surface area contributed by atoms with Crippen molar-refractivity contribution in [2.75, 3.05) is 29.6 Å². The van der Waals surface area contributed by atoms with Crippen molar-refractivity contribution >= 4 is 27.1 Å². The van der Waals surface area contributed by atoms with E-state index in [1.54, 1.807) is 36.2 Å². The highest BCUT2D eigenvalue weighted by molar-refractivity contribution is 7.91. The molecule has 0 bridgehead atoms. The zero-order chi connectivity index (χ0) is 24.5. The monoisotopic (exact) mass is 489 g/mol. The zero-order valence-corrected chi connectivity index (χ0v) is 19.6. The Bertz CT molecular complexity index is 1310. The first kappa shape index (κ1) is 23.8. The van der Waals surface area contributed by atoms with Crippen molar-refractivity contribution in [3.8, 4) is 11.3 Å². The molecule has 1 atom stereocenters. The molecule has 1 aliphatic heterocycles. The first-order valence-electron chi connectivity index (χ1n) is 10.7. The predicted molar refractivity (Wildman–Crippen MR) is 125 cm³/mol. The molecular weight excluding hydrogens is 464 g/mol. The summed E-state index contributed by atoms with van der Waals surface area (Å²) in [6, 6.07) is 6.28.